The summed E-state index contributed by atoms with van der Waals surface area (Å²) in [5.74, 6) is 0.917. The first-order valence-corrected chi connectivity index (χ1v) is 6.81. The molecule has 2 aromatic carbocycles. The van der Waals surface area contributed by atoms with Gasteiger partial charge in [-0.25, -0.2) is 0 Å². The molecule has 0 spiro atoms. The number of benzene rings is 2. The molecule has 1 atom stereocenters. The molecule has 1 N–H and O–H groups in total. The number of ether oxygens (including phenoxy) is 1. The summed E-state index contributed by atoms with van der Waals surface area (Å²) < 4.78 is 5.93. The van der Waals surface area contributed by atoms with Gasteiger partial charge in [0.15, 0.2) is 0 Å². The molecule has 0 saturated carbocycles. The topological polar surface area (TPSA) is 29.5 Å². The summed E-state index contributed by atoms with van der Waals surface area (Å²) in [6.45, 7) is 0.577. The van der Waals surface area contributed by atoms with Crippen molar-refractivity contribution in [2.24, 2.45) is 0 Å². The molecule has 0 saturated heterocycles. The molecule has 0 heterocycles. The fourth-order valence-electron chi connectivity index (χ4n) is 2.66. The van der Waals surface area contributed by atoms with Crippen molar-refractivity contribution in [2.75, 3.05) is 0 Å². The lowest BCUT2D eigenvalue weighted by atomic mass is 9.89. The summed E-state index contributed by atoms with van der Waals surface area (Å²) in [5.41, 5.74) is 3.38. The molecule has 1 aliphatic carbocycles. The third kappa shape index (κ3) is 2.64. The standard InChI is InChI=1S/C17H18O2/c18-16-10-4-9-15-14(16)8-5-11-17(15)19-12-13-6-2-1-3-7-13/h1-3,5-8,11,16,18H,4,9-10,12H2/t16-/m0/s1. The molecule has 2 aromatic rings. The predicted octanol–water partition coefficient (Wildman–Crippen LogP) is 3.64. The maximum atomic E-state index is 10.0. The van der Waals surface area contributed by atoms with E-state index in [1.165, 1.54) is 5.56 Å². The van der Waals surface area contributed by atoms with Gasteiger partial charge in [0, 0.05) is 0 Å². The third-order valence-corrected chi connectivity index (χ3v) is 3.67. The van der Waals surface area contributed by atoms with Gasteiger partial charge in [-0.1, -0.05) is 42.5 Å². The van der Waals surface area contributed by atoms with Gasteiger partial charge in [-0.2, -0.15) is 0 Å². The van der Waals surface area contributed by atoms with Crippen LogP contribution in [-0.2, 0) is 13.0 Å². The number of aliphatic hydroxyl groups is 1. The molecule has 0 bridgehead atoms. The highest BCUT2D eigenvalue weighted by molar-refractivity contribution is 5.43. The van der Waals surface area contributed by atoms with E-state index in [2.05, 4.69) is 12.1 Å². The molecule has 0 radical (unpaired) electrons. The molecular formula is C17H18O2. The lowest BCUT2D eigenvalue weighted by molar-refractivity contribution is 0.155. The summed E-state index contributed by atoms with van der Waals surface area (Å²) in [6.07, 6.45) is 2.55. The molecule has 0 aliphatic heterocycles. The Morgan fingerprint density at radius 1 is 1.05 bits per heavy atom. The van der Waals surface area contributed by atoms with Crippen molar-refractivity contribution in [3.8, 4) is 5.75 Å². The van der Waals surface area contributed by atoms with Gasteiger partial charge in [0.2, 0.25) is 0 Å². The molecule has 0 amide bonds. The van der Waals surface area contributed by atoms with E-state index >= 15 is 0 Å². The van der Waals surface area contributed by atoms with E-state index < -0.39 is 0 Å². The summed E-state index contributed by atoms with van der Waals surface area (Å²) in [6, 6.07) is 16.1. The van der Waals surface area contributed by atoms with Crippen molar-refractivity contribution in [2.45, 2.75) is 32.0 Å². The normalized spacial score (nSPS) is 17.8. The highest BCUT2D eigenvalue weighted by Gasteiger charge is 2.20. The van der Waals surface area contributed by atoms with E-state index in [0.29, 0.717) is 6.61 Å². The monoisotopic (exact) mass is 254 g/mol. The van der Waals surface area contributed by atoms with Crippen LogP contribution in [0, 0.1) is 0 Å². The molecule has 2 heteroatoms. The Morgan fingerprint density at radius 2 is 1.89 bits per heavy atom. The average Bonchev–Trinajstić information content (AvgIpc) is 2.47. The Kier molecular flexibility index (Phi) is 3.51. The molecule has 19 heavy (non-hydrogen) atoms. The lowest BCUT2D eigenvalue weighted by Gasteiger charge is -2.23. The minimum Gasteiger partial charge on any atom is -0.489 e. The van der Waals surface area contributed by atoms with Crippen molar-refractivity contribution in [1.82, 2.24) is 0 Å². The van der Waals surface area contributed by atoms with Gasteiger partial charge in [0.05, 0.1) is 6.10 Å². The summed E-state index contributed by atoms with van der Waals surface area (Å²) >= 11 is 0. The largest absolute Gasteiger partial charge is 0.489 e. The Labute approximate surface area is 113 Å². The molecule has 98 valence electrons. The van der Waals surface area contributed by atoms with Crippen molar-refractivity contribution < 1.29 is 9.84 Å². The van der Waals surface area contributed by atoms with Crippen molar-refractivity contribution in [1.29, 1.82) is 0 Å². The van der Waals surface area contributed by atoms with Crippen LogP contribution >= 0.6 is 0 Å². The first kappa shape index (κ1) is 12.2. The van der Waals surface area contributed by atoms with Gasteiger partial charge in [0.1, 0.15) is 12.4 Å². The maximum Gasteiger partial charge on any atom is 0.123 e. The Hall–Kier alpha value is -1.80. The maximum absolute atomic E-state index is 10.0. The van der Waals surface area contributed by atoms with Crippen LogP contribution in [0.15, 0.2) is 48.5 Å². The quantitative estimate of drug-likeness (QED) is 0.906. The number of fused-ring (bicyclic) bond motifs is 1. The third-order valence-electron chi connectivity index (χ3n) is 3.67. The molecular weight excluding hydrogens is 236 g/mol. The van der Waals surface area contributed by atoms with Crippen LogP contribution in [0.2, 0.25) is 0 Å². The SMILES string of the molecule is O[C@H]1CCCc2c(OCc3ccccc3)cccc21. The Morgan fingerprint density at radius 3 is 2.74 bits per heavy atom. The number of hydrogen-bond acceptors (Lipinski definition) is 2. The first-order chi connectivity index (χ1) is 9.34. The van der Waals surface area contributed by atoms with Crippen LogP contribution < -0.4 is 4.74 Å². The van der Waals surface area contributed by atoms with Gasteiger partial charge in [0.25, 0.3) is 0 Å². The van der Waals surface area contributed by atoms with Crippen molar-refractivity contribution >= 4 is 0 Å². The predicted molar refractivity (Wildman–Crippen MR) is 75.1 cm³/mol. The zero-order valence-corrected chi connectivity index (χ0v) is 10.9. The van der Waals surface area contributed by atoms with E-state index in [4.69, 9.17) is 4.74 Å². The second-order valence-corrected chi connectivity index (χ2v) is 5.01. The molecule has 1 aliphatic rings. The highest BCUT2D eigenvalue weighted by atomic mass is 16.5. The van der Waals surface area contributed by atoms with Crippen LogP contribution in [-0.4, -0.2) is 5.11 Å². The van der Waals surface area contributed by atoms with E-state index in [1.807, 2.05) is 36.4 Å². The van der Waals surface area contributed by atoms with Crippen LogP contribution in [0.4, 0.5) is 0 Å². The summed E-state index contributed by atoms with van der Waals surface area (Å²) in [4.78, 5) is 0. The minimum atomic E-state index is -0.330. The zero-order chi connectivity index (χ0) is 13.1. The second-order valence-electron chi connectivity index (χ2n) is 5.01. The summed E-state index contributed by atoms with van der Waals surface area (Å²) in [5, 5.41) is 10.0. The van der Waals surface area contributed by atoms with E-state index in [1.54, 1.807) is 0 Å². The fraction of sp³-hybridized carbons (Fsp3) is 0.294. The smallest absolute Gasteiger partial charge is 0.123 e. The van der Waals surface area contributed by atoms with E-state index in [0.717, 1.165) is 36.1 Å². The van der Waals surface area contributed by atoms with Crippen molar-refractivity contribution in [3.63, 3.8) is 0 Å². The molecule has 0 aromatic heterocycles. The van der Waals surface area contributed by atoms with Crippen molar-refractivity contribution in [3.05, 3.63) is 65.2 Å². The Balaban J connectivity index is 1.80. The zero-order valence-electron chi connectivity index (χ0n) is 10.9. The van der Waals surface area contributed by atoms with E-state index in [-0.39, 0.29) is 6.10 Å². The summed E-state index contributed by atoms with van der Waals surface area (Å²) in [7, 11) is 0. The number of rotatable bonds is 3. The van der Waals surface area contributed by atoms with Gasteiger partial charge in [-0.05, 0) is 42.0 Å². The molecule has 2 nitrogen and oxygen atoms in total. The van der Waals surface area contributed by atoms with Gasteiger partial charge in [-0.3, -0.25) is 0 Å². The van der Waals surface area contributed by atoms with Crippen LogP contribution in [0.5, 0.6) is 5.75 Å². The first-order valence-electron chi connectivity index (χ1n) is 6.81. The number of hydrogen-bond donors (Lipinski definition) is 1. The van der Waals surface area contributed by atoms with Gasteiger partial charge < -0.3 is 9.84 Å². The number of aliphatic hydroxyl groups excluding tert-OH is 1. The fourth-order valence-corrected chi connectivity index (χ4v) is 2.66. The van der Waals surface area contributed by atoms with Crippen LogP contribution in [0.1, 0.15) is 35.6 Å². The molecule has 0 unspecified atom stereocenters. The molecule has 0 fully saturated rings. The van der Waals surface area contributed by atoms with Gasteiger partial charge in [-0.15, -0.1) is 0 Å². The average molecular weight is 254 g/mol. The molecule has 3 rings (SSSR count). The van der Waals surface area contributed by atoms with Gasteiger partial charge >= 0.3 is 0 Å². The second kappa shape index (κ2) is 5.45. The van der Waals surface area contributed by atoms with E-state index in [9.17, 15) is 5.11 Å². The van der Waals surface area contributed by atoms with Crippen LogP contribution in [0.3, 0.4) is 0 Å². The van der Waals surface area contributed by atoms with Crippen LogP contribution in [0.25, 0.3) is 0 Å². The lowest BCUT2D eigenvalue weighted by Crippen LogP contribution is -2.11. The highest BCUT2D eigenvalue weighted by Crippen LogP contribution is 2.35. The minimum absolute atomic E-state index is 0.330. The Bertz CT molecular complexity index is 548.